The molecule has 5 nitrogen and oxygen atoms in total. The molecule has 0 saturated heterocycles. The second-order valence-corrected chi connectivity index (χ2v) is 5.29. The van der Waals surface area contributed by atoms with Gasteiger partial charge in [-0.25, -0.2) is 4.79 Å². The fraction of sp³-hybridized carbons (Fsp3) is 0.286. The van der Waals surface area contributed by atoms with E-state index in [4.69, 9.17) is 33.7 Å². The molecule has 1 aromatic carbocycles. The number of benzene rings is 1. The van der Waals surface area contributed by atoms with Gasteiger partial charge in [-0.3, -0.25) is 4.68 Å². The van der Waals surface area contributed by atoms with Crippen LogP contribution in [0.5, 0.6) is 0 Å². The summed E-state index contributed by atoms with van der Waals surface area (Å²) in [4.78, 5) is 12.0. The van der Waals surface area contributed by atoms with Crippen LogP contribution in [-0.2, 0) is 24.8 Å². The van der Waals surface area contributed by atoms with Gasteiger partial charge in [-0.15, -0.1) is 0 Å². The zero-order valence-electron chi connectivity index (χ0n) is 11.7. The number of hydrogen-bond donors (Lipinski definition) is 1. The predicted molar refractivity (Wildman–Crippen MR) is 82.6 cm³/mol. The third kappa shape index (κ3) is 3.31. The van der Waals surface area contributed by atoms with E-state index < -0.39 is 5.97 Å². The van der Waals surface area contributed by atoms with Crippen molar-refractivity contribution in [3.05, 3.63) is 45.2 Å². The summed E-state index contributed by atoms with van der Waals surface area (Å²) in [6, 6.07) is 4.63. The third-order valence-corrected chi connectivity index (χ3v) is 3.80. The molecule has 0 aliphatic heterocycles. The van der Waals surface area contributed by atoms with Gasteiger partial charge in [0.1, 0.15) is 6.61 Å². The minimum absolute atomic E-state index is 0.0296. The standard InChI is InChI=1S/C14H15Cl2N3O2/c1-3-11-13(16)12(19(2)18-11)7-21-14(20)9-5-4-8(17)6-10(9)15/h4-6H,3,7,17H2,1-2H3. The van der Waals surface area contributed by atoms with Gasteiger partial charge < -0.3 is 10.5 Å². The Morgan fingerprint density at radius 2 is 2.14 bits per heavy atom. The molecule has 0 aliphatic rings. The summed E-state index contributed by atoms with van der Waals surface area (Å²) in [6.45, 7) is 1.99. The Morgan fingerprint density at radius 3 is 2.71 bits per heavy atom. The number of anilines is 1. The lowest BCUT2D eigenvalue weighted by atomic mass is 10.2. The van der Waals surface area contributed by atoms with Gasteiger partial charge in [-0.1, -0.05) is 30.1 Å². The van der Waals surface area contributed by atoms with Crippen molar-refractivity contribution in [1.82, 2.24) is 9.78 Å². The molecule has 2 rings (SSSR count). The summed E-state index contributed by atoms with van der Waals surface area (Å²) in [5, 5.41) is 5.04. The van der Waals surface area contributed by atoms with Crippen LogP contribution >= 0.6 is 23.2 Å². The molecule has 2 N–H and O–H groups in total. The molecule has 2 aromatic rings. The number of hydrogen-bond acceptors (Lipinski definition) is 4. The van der Waals surface area contributed by atoms with E-state index >= 15 is 0 Å². The molecule has 0 unspecified atom stereocenters. The summed E-state index contributed by atoms with van der Waals surface area (Å²) in [7, 11) is 1.75. The minimum atomic E-state index is -0.532. The van der Waals surface area contributed by atoms with Crippen molar-refractivity contribution in [3.63, 3.8) is 0 Å². The molecule has 21 heavy (non-hydrogen) atoms. The maximum absolute atomic E-state index is 12.0. The highest BCUT2D eigenvalue weighted by Gasteiger charge is 2.17. The number of halogens is 2. The average molecular weight is 328 g/mol. The molecule has 1 aromatic heterocycles. The Kier molecular flexibility index (Phi) is 4.75. The summed E-state index contributed by atoms with van der Waals surface area (Å²) in [5.74, 6) is -0.532. The van der Waals surface area contributed by atoms with Gasteiger partial charge in [-0.05, 0) is 24.6 Å². The number of aryl methyl sites for hydroxylation is 2. The topological polar surface area (TPSA) is 70.1 Å². The molecule has 0 bridgehead atoms. The zero-order valence-corrected chi connectivity index (χ0v) is 13.2. The molecule has 0 aliphatic carbocycles. The Balaban J connectivity index is 2.13. The van der Waals surface area contributed by atoms with E-state index in [1.165, 1.54) is 12.1 Å². The Morgan fingerprint density at radius 1 is 1.43 bits per heavy atom. The average Bonchev–Trinajstić information content (AvgIpc) is 2.71. The lowest BCUT2D eigenvalue weighted by Gasteiger charge is -2.07. The summed E-state index contributed by atoms with van der Waals surface area (Å²) in [5.41, 5.74) is 7.75. The van der Waals surface area contributed by atoms with E-state index in [9.17, 15) is 4.79 Å². The first kappa shape index (κ1) is 15.7. The maximum atomic E-state index is 12.0. The highest BCUT2D eigenvalue weighted by atomic mass is 35.5. The molecular weight excluding hydrogens is 313 g/mol. The van der Waals surface area contributed by atoms with Gasteiger partial charge in [0.15, 0.2) is 0 Å². The van der Waals surface area contributed by atoms with Gasteiger partial charge in [0.2, 0.25) is 0 Å². The number of aromatic nitrogens is 2. The van der Waals surface area contributed by atoms with Gasteiger partial charge in [0, 0.05) is 12.7 Å². The lowest BCUT2D eigenvalue weighted by molar-refractivity contribution is 0.0464. The number of rotatable bonds is 4. The number of nitrogens with two attached hydrogens (primary N) is 1. The number of esters is 1. The van der Waals surface area contributed by atoms with Crippen molar-refractivity contribution in [2.24, 2.45) is 7.05 Å². The fourth-order valence-corrected chi connectivity index (χ4v) is 2.50. The normalized spacial score (nSPS) is 10.7. The van der Waals surface area contributed by atoms with Crippen molar-refractivity contribution < 1.29 is 9.53 Å². The molecule has 0 radical (unpaired) electrons. The lowest BCUT2D eigenvalue weighted by Crippen LogP contribution is -2.09. The van der Waals surface area contributed by atoms with Crippen molar-refractivity contribution in [3.8, 4) is 0 Å². The van der Waals surface area contributed by atoms with Crippen LogP contribution in [-0.4, -0.2) is 15.7 Å². The number of nitrogens with zero attached hydrogens (tertiary/aromatic N) is 2. The van der Waals surface area contributed by atoms with Crippen LogP contribution in [0.1, 0.15) is 28.7 Å². The highest BCUT2D eigenvalue weighted by Crippen LogP contribution is 2.23. The maximum Gasteiger partial charge on any atom is 0.340 e. The van der Waals surface area contributed by atoms with Crippen molar-refractivity contribution in [2.75, 3.05) is 5.73 Å². The highest BCUT2D eigenvalue weighted by molar-refractivity contribution is 6.34. The van der Waals surface area contributed by atoms with Crippen LogP contribution in [0.4, 0.5) is 5.69 Å². The van der Waals surface area contributed by atoms with E-state index in [0.29, 0.717) is 22.8 Å². The van der Waals surface area contributed by atoms with Crippen molar-refractivity contribution >= 4 is 34.9 Å². The van der Waals surface area contributed by atoms with E-state index in [1.807, 2.05) is 6.92 Å². The quantitative estimate of drug-likeness (QED) is 0.691. The van der Waals surface area contributed by atoms with E-state index in [-0.39, 0.29) is 17.2 Å². The van der Waals surface area contributed by atoms with Gasteiger partial charge in [-0.2, -0.15) is 5.10 Å². The Bertz CT molecular complexity index is 683. The number of carbonyl (C=O) groups is 1. The first-order chi connectivity index (χ1) is 9.93. The number of nitrogen functional groups attached to an aromatic ring is 1. The second kappa shape index (κ2) is 6.37. The summed E-state index contributed by atoms with van der Waals surface area (Å²) >= 11 is 12.2. The van der Waals surface area contributed by atoms with Crippen molar-refractivity contribution in [1.29, 1.82) is 0 Å². The predicted octanol–water partition coefficient (Wildman–Crippen LogP) is 3.23. The van der Waals surface area contributed by atoms with E-state index in [0.717, 1.165) is 5.69 Å². The smallest absolute Gasteiger partial charge is 0.340 e. The second-order valence-electron chi connectivity index (χ2n) is 4.50. The van der Waals surface area contributed by atoms with Crippen molar-refractivity contribution in [2.45, 2.75) is 20.0 Å². The largest absolute Gasteiger partial charge is 0.455 e. The molecule has 0 amide bonds. The molecule has 0 saturated carbocycles. The van der Waals surface area contributed by atoms with Crippen LogP contribution in [0.15, 0.2) is 18.2 Å². The molecular formula is C14H15Cl2N3O2. The third-order valence-electron chi connectivity index (χ3n) is 3.06. The molecule has 0 spiro atoms. The molecule has 7 heteroatoms. The monoisotopic (exact) mass is 327 g/mol. The van der Waals surface area contributed by atoms with Gasteiger partial charge in [0.05, 0.1) is 27.0 Å². The molecule has 112 valence electrons. The number of carbonyl (C=O) groups excluding carboxylic acids is 1. The Labute approximate surface area is 132 Å². The fourth-order valence-electron chi connectivity index (χ4n) is 1.89. The van der Waals surface area contributed by atoms with Crippen LogP contribution in [0.3, 0.4) is 0 Å². The van der Waals surface area contributed by atoms with Crippen LogP contribution in [0.2, 0.25) is 10.0 Å². The van der Waals surface area contributed by atoms with E-state index in [2.05, 4.69) is 5.10 Å². The van der Waals surface area contributed by atoms with Crippen LogP contribution in [0, 0.1) is 0 Å². The van der Waals surface area contributed by atoms with Crippen LogP contribution < -0.4 is 5.73 Å². The van der Waals surface area contributed by atoms with Gasteiger partial charge in [0.25, 0.3) is 0 Å². The Hall–Kier alpha value is -1.72. The summed E-state index contributed by atoms with van der Waals surface area (Å²) < 4.78 is 6.86. The van der Waals surface area contributed by atoms with Gasteiger partial charge >= 0.3 is 5.97 Å². The molecule has 1 heterocycles. The summed E-state index contributed by atoms with van der Waals surface area (Å²) in [6.07, 6.45) is 0.713. The minimum Gasteiger partial charge on any atom is -0.455 e. The van der Waals surface area contributed by atoms with E-state index in [1.54, 1.807) is 17.8 Å². The zero-order chi connectivity index (χ0) is 15.6. The number of ether oxygens (including phenoxy) is 1. The molecule has 0 fully saturated rings. The first-order valence-electron chi connectivity index (χ1n) is 6.36. The van der Waals surface area contributed by atoms with Crippen LogP contribution in [0.25, 0.3) is 0 Å². The first-order valence-corrected chi connectivity index (χ1v) is 7.12. The molecule has 0 atom stereocenters. The SMILES string of the molecule is CCc1nn(C)c(COC(=O)c2ccc(N)cc2Cl)c1Cl.